The van der Waals surface area contributed by atoms with Crippen molar-refractivity contribution in [3.8, 4) is 0 Å². The van der Waals surface area contributed by atoms with Gasteiger partial charge in [-0.25, -0.2) is 9.59 Å². The molecular formula is C21H28N2O4. The lowest BCUT2D eigenvalue weighted by Gasteiger charge is -2.53. The molecule has 4 aliphatic carbocycles. The maximum atomic E-state index is 12.7. The van der Waals surface area contributed by atoms with E-state index in [0.717, 1.165) is 17.4 Å². The summed E-state index contributed by atoms with van der Waals surface area (Å²) >= 11 is 0. The highest BCUT2D eigenvalue weighted by molar-refractivity contribution is 5.85. The molecule has 0 saturated heterocycles. The molecule has 27 heavy (non-hydrogen) atoms. The molecule has 1 unspecified atom stereocenters. The van der Waals surface area contributed by atoms with Crippen LogP contribution in [0, 0.1) is 23.7 Å². The average molecular weight is 372 g/mol. The van der Waals surface area contributed by atoms with Gasteiger partial charge in [0.1, 0.15) is 11.6 Å². The number of aromatic nitrogens is 1. The Bertz CT molecular complexity index is 679. The summed E-state index contributed by atoms with van der Waals surface area (Å²) in [5.74, 6) is 2.11. The minimum absolute atomic E-state index is 0.0157. The molecule has 1 N–H and O–H groups in total. The third-order valence-corrected chi connectivity index (χ3v) is 6.68. The number of rotatable bonds is 5. The zero-order chi connectivity index (χ0) is 19.0. The number of nitrogens with one attached hydrogen (secondary N) is 1. The van der Waals surface area contributed by atoms with Gasteiger partial charge in [-0.05, 0) is 74.3 Å². The lowest BCUT2D eigenvalue weighted by atomic mass is 9.55. The molecule has 1 aromatic heterocycles. The number of methoxy groups -OCH3 is 1. The summed E-state index contributed by atoms with van der Waals surface area (Å²) in [4.78, 5) is 29.2. The second-order valence-electron chi connectivity index (χ2n) is 8.79. The molecule has 0 aromatic carbocycles. The molecule has 0 aliphatic heterocycles. The SMILES string of the molecule is COC(=O)C(C)(Cc1cccnc1)NC(=O)OC1C2CC3CC(C2)CC1C3. The molecule has 4 aliphatic rings. The van der Waals surface area contributed by atoms with Gasteiger partial charge in [0.05, 0.1) is 7.11 Å². The highest BCUT2D eigenvalue weighted by Crippen LogP contribution is 2.54. The summed E-state index contributed by atoms with van der Waals surface area (Å²) in [6, 6.07) is 3.68. The van der Waals surface area contributed by atoms with E-state index in [0.29, 0.717) is 18.3 Å². The second kappa shape index (κ2) is 7.13. The van der Waals surface area contributed by atoms with Gasteiger partial charge in [0.25, 0.3) is 0 Å². The molecule has 1 atom stereocenters. The van der Waals surface area contributed by atoms with E-state index >= 15 is 0 Å². The predicted octanol–water partition coefficient (Wildman–Crippen LogP) is 3.11. The molecule has 1 aromatic rings. The zero-order valence-electron chi connectivity index (χ0n) is 16.0. The number of hydrogen-bond acceptors (Lipinski definition) is 5. The van der Waals surface area contributed by atoms with E-state index in [1.54, 1.807) is 25.4 Å². The number of esters is 1. The lowest BCUT2D eigenvalue weighted by molar-refractivity contribution is -0.148. The third-order valence-electron chi connectivity index (χ3n) is 6.68. The molecule has 0 spiro atoms. The third kappa shape index (κ3) is 3.66. The Kier molecular flexibility index (Phi) is 4.82. The number of amides is 1. The molecule has 6 heteroatoms. The van der Waals surface area contributed by atoms with Crippen LogP contribution in [-0.4, -0.2) is 35.8 Å². The van der Waals surface area contributed by atoms with E-state index in [4.69, 9.17) is 9.47 Å². The normalized spacial score (nSPS) is 33.2. The van der Waals surface area contributed by atoms with Gasteiger partial charge in [-0.15, -0.1) is 0 Å². The molecule has 0 radical (unpaired) electrons. The van der Waals surface area contributed by atoms with E-state index in [-0.39, 0.29) is 6.10 Å². The first-order valence-corrected chi connectivity index (χ1v) is 9.93. The van der Waals surface area contributed by atoms with Crippen molar-refractivity contribution in [3.63, 3.8) is 0 Å². The lowest BCUT2D eigenvalue weighted by Crippen LogP contribution is -2.57. The van der Waals surface area contributed by atoms with Crippen LogP contribution in [0.4, 0.5) is 4.79 Å². The molecule has 1 amide bonds. The maximum absolute atomic E-state index is 12.7. The van der Waals surface area contributed by atoms with E-state index < -0.39 is 17.6 Å². The van der Waals surface area contributed by atoms with E-state index in [1.807, 2.05) is 6.07 Å². The first-order chi connectivity index (χ1) is 13.0. The van der Waals surface area contributed by atoms with Gasteiger partial charge in [0.2, 0.25) is 0 Å². The fraction of sp³-hybridized carbons (Fsp3) is 0.667. The monoisotopic (exact) mass is 372 g/mol. The molecule has 5 rings (SSSR count). The van der Waals surface area contributed by atoms with Crippen LogP contribution >= 0.6 is 0 Å². The number of carbonyl (C=O) groups is 2. The number of ether oxygens (including phenoxy) is 2. The van der Waals surface area contributed by atoms with Gasteiger partial charge in [-0.1, -0.05) is 6.07 Å². The van der Waals surface area contributed by atoms with Gasteiger partial charge in [0, 0.05) is 18.8 Å². The number of carbonyl (C=O) groups excluding carboxylic acids is 2. The molecule has 4 fully saturated rings. The Labute approximate surface area is 160 Å². The molecular weight excluding hydrogens is 344 g/mol. The summed E-state index contributed by atoms with van der Waals surface area (Å²) in [5, 5.41) is 2.79. The fourth-order valence-corrected chi connectivity index (χ4v) is 5.75. The van der Waals surface area contributed by atoms with Crippen LogP contribution in [0.15, 0.2) is 24.5 Å². The first kappa shape index (κ1) is 18.3. The maximum Gasteiger partial charge on any atom is 0.408 e. The topological polar surface area (TPSA) is 77.5 Å². The fourth-order valence-electron chi connectivity index (χ4n) is 5.75. The quantitative estimate of drug-likeness (QED) is 0.804. The Hall–Kier alpha value is -2.11. The van der Waals surface area contributed by atoms with Crippen molar-refractivity contribution in [1.82, 2.24) is 10.3 Å². The number of nitrogens with zero attached hydrogens (tertiary/aromatic N) is 1. The minimum atomic E-state index is -1.19. The van der Waals surface area contributed by atoms with Gasteiger partial charge >= 0.3 is 12.1 Å². The highest BCUT2D eigenvalue weighted by Gasteiger charge is 2.50. The Morgan fingerprint density at radius 2 is 1.85 bits per heavy atom. The van der Waals surface area contributed by atoms with Crippen molar-refractivity contribution in [2.24, 2.45) is 23.7 Å². The molecule has 1 heterocycles. The van der Waals surface area contributed by atoms with Crippen molar-refractivity contribution in [2.75, 3.05) is 7.11 Å². The van der Waals surface area contributed by atoms with Crippen LogP contribution in [0.3, 0.4) is 0 Å². The van der Waals surface area contributed by atoms with Crippen molar-refractivity contribution >= 4 is 12.1 Å². The van der Waals surface area contributed by atoms with E-state index in [1.165, 1.54) is 39.2 Å². The highest BCUT2D eigenvalue weighted by atomic mass is 16.6. The predicted molar refractivity (Wildman–Crippen MR) is 98.8 cm³/mol. The van der Waals surface area contributed by atoms with Crippen molar-refractivity contribution in [1.29, 1.82) is 0 Å². The molecule has 146 valence electrons. The van der Waals surface area contributed by atoms with Crippen LogP contribution < -0.4 is 5.32 Å². The van der Waals surface area contributed by atoms with Crippen LogP contribution in [0.25, 0.3) is 0 Å². The molecule has 4 bridgehead atoms. The Morgan fingerprint density at radius 3 is 2.41 bits per heavy atom. The van der Waals surface area contributed by atoms with Gasteiger partial charge in [-0.3, -0.25) is 4.98 Å². The summed E-state index contributed by atoms with van der Waals surface area (Å²) in [6.07, 6.45) is 9.18. The molecule has 6 nitrogen and oxygen atoms in total. The van der Waals surface area contributed by atoms with Crippen LogP contribution in [-0.2, 0) is 20.7 Å². The second-order valence-corrected chi connectivity index (χ2v) is 8.79. The number of pyridine rings is 1. The average Bonchev–Trinajstić information content (AvgIpc) is 2.64. The summed E-state index contributed by atoms with van der Waals surface area (Å²) < 4.78 is 10.8. The first-order valence-electron chi connectivity index (χ1n) is 9.93. The molecule has 4 saturated carbocycles. The van der Waals surface area contributed by atoms with Crippen molar-refractivity contribution in [2.45, 2.75) is 57.1 Å². The van der Waals surface area contributed by atoms with E-state index in [2.05, 4.69) is 10.3 Å². The minimum Gasteiger partial charge on any atom is -0.467 e. The summed E-state index contributed by atoms with van der Waals surface area (Å²) in [5.41, 5.74) is -0.346. The zero-order valence-corrected chi connectivity index (χ0v) is 16.0. The number of alkyl carbamates (subject to hydrolysis) is 1. The summed E-state index contributed by atoms with van der Waals surface area (Å²) in [7, 11) is 1.33. The largest absolute Gasteiger partial charge is 0.467 e. The standard InChI is InChI=1S/C21H28N2O4/c1-21(19(24)26-2,11-13-4-3-5-22-12-13)23-20(25)27-18-16-7-14-6-15(9-16)10-17(18)8-14/h3-5,12,14-18H,6-11H2,1-2H3,(H,23,25). The van der Waals surface area contributed by atoms with Crippen molar-refractivity contribution < 1.29 is 19.1 Å². The van der Waals surface area contributed by atoms with Crippen LogP contribution in [0.5, 0.6) is 0 Å². The van der Waals surface area contributed by atoms with Crippen LogP contribution in [0.1, 0.15) is 44.6 Å². The van der Waals surface area contributed by atoms with Gasteiger partial charge < -0.3 is 14.8 Å². The summed E-state index contributed by atoms with van der Waals surface area (Å²) in [6.45, 7) is 1.67. The Balaban J connectivity index is 1.43. The Morgan fingerprint density at radius 1 is 1.19 bits per heavy atom. The van der Waals surface area contributed by atoms with E-state index in [9.17, 15) is 9.59 Å². The van der Waals surface area contributed by atoms with Gasteiger partial charge in [-0.2, -0.15) is 0 Å². The van der Waals surface area contributed by atoms with Gasteiger partial charge in [0.15, 0.2) is 0 Å². The van der Waals surface area contributed by atoms with Crippen LogP contribution in [0.2, 0.25) is 0 Å². The number of hydrogen-bond donors (Lipinski definition) is 1. The van der Waals surface area contributed by atoms with Crippen molar-refractivity contribution in [3.05, 3.63) is 30.1 Å². The smallest absolute Gasteiger partial charge is 0.408 e.